The lowest BCUT2D eigenvalue weighted by Gasteiger charge is -2.33. The molecule has 4 rings (SSSR count). The Morgan fingerprint density at radius 1 is 1.37 bits per heavy atom. The molecule has 2 aromatic heterocycles. The molecule has 1 aliphatic heterocycles. The summed E-state index contributed by atoms with van der Waals surface area (Å²) in [5.41, 5.74) is 1.06. The second-order valence-corrected chi connectivity index (χ2v) is 8.09. The molecule has 3 atom stereocenters. The van der Waals surface area contributed by atoms with E-state index < -0.39 is 30.3 Å². The van der Waals surface area contributed by atoms with E-state index in [4.69, 9.17) is 0 Å². The SMILES string of the molecule is CC(O)c1cccc(NC(=O)c2cnn3c2NC(c2cccs2)CC3C(F)(F)F)c1. The van der Waals surface area contributed by atoms with Gasteiger partial charge in [0.05, 0.1) is 18.3 Å². The summed E-state index contributed by atoms with van der Waals surface area (Å²) in [5.74, 6) is -0.551. The van der Waals surface area contributed by atoms with Crippen LogP contribution in [0.2, 0.25) is 0 Å². The van der Waals surface area contributed by atoms with E-state index in [1.165, 1.54) is 11.3 Å². The van der Waals surface area contributed by atoms with Crippen LogP contribution in [0.25, 0.3) is 0 Å². The molecule has 0 saturated heterocycles. The Kier molecular flexibility index (Phi) is 5.29. The van der Waals surface area contributed by atoms with Crippen molar-refractivity contribution in [3.8, 4) is 0 Å². The fraction of sp³-hybridized carbons (Fsp3) is 0.300. The van der Waals surface area contributed by atoms with Gasteiger partial charge in [0.25, 0.3) is 5.91 Å². The van der Waals surface area contributed by atoms with Crippen LogP contribution in [0.3, 0.4) is 0 Å². The number of anilines is 2. The lowest BCUT2D eigenvalue weighted by atomic mass is 10.0. The van der Waals surface area contributed by atoms with Crippen molar-refractivity contribution in [1.82, 2.24) is 9.78 Å². The number of fused-ring (bicyclic) bond motifs is 1. The zero-order valence-corrected chi connectivity index (χ0v) is 16.7. The van der Waals surface area contributed by atoms with Crippen molar-refractivity contribution in [2.24, 2.45) is 0 Å². The van der Waals surface area contributed by atoms with Crippen LogP contribution in [0.5, 0.6) is 0 Å². The number of hydrogen-bond acceptors (Lipinski definition) is 5. The molecule has 1 aliphatic rings. The molecule has 6 nitrogen and oxygen atoms in total. The molecule has 158 valence electrons. The summed E-state index contributed by atoms with van der Waals surface area (Å²) in [4.78, 5) is 13.6. The number of carbonyl (C=O) groups excluding carboxylic acids is 1. The van der Waals surface area contributed by atoms with E-state index in [1.54, 1.807) is 48.7 Å². The molecule has 0 aliphatic carbocycles. The number of amides is 1. The summed E-state index contributed by atoms with van der Waals surface area (Å²) < 4.78 is 41.9. The molecule has 1 amide bonds. The van der Waals surface area contributed by atoms with Gasteiger partial charge in [-0.3, -0.25) is 4.79 Å². The Labute approximate surface area is 174 Å². The number of aromatic nitrogens is 2. The molecular formula is C20H19F3N4O2S. The predicted molar refractivity (Wildman–Crippen MR) is 108 cm³/mol. The Balaban J connectivity index is 1.66. The standard InChI is InChI=1S/C20H19F3N4O2S/c1-11(28)12-4-2-5-13(8-12)25-19(29)14-10-24-27-17(20(21,22)23)9-15(26-18(14)27)16-6-3-7-30-16/h2-8,10-11,15,17,26,28H,9H2,1H3,(H,25,29). The third-order valence-electron chi connectivity index (χ3n) is 5.00. The monoisotopic (exact) mass is 436 g/mol. The van der Waals surface area contributed by atoms with Gasteiger partial charge >= 0.3 is 6.18 Å². The van der Waals surface area contributed by atoms with E-state index in [0.29, 0.717) is 11.3 Å². The number of nitrogens with zero attached hydrogens (tertiary/aromatic N) is 2. The molecule has 0 radical (unpaired) electrons. The van der Waals surface area contributed by atoms with Gasteiger partial charge in [-0.05, 0) is 36.1 Å². The molecule has 0 fully saturated rings. The van der Waals surface area contributed by atoms with E-state index in [9.17, 15) is 23.1 Å². The summed E-state index contributed by atoms with van der Waals surface area (Å²) in [6, 6.07) is 7.77. The molecule has 1 aromatic carbocycles. The number of carbonyl (C=O) groups is 1. The lowest BCUT2D eigenvalue weighted by molar-refractivity contribution is -0.173. The second kappa shape index (κ2) is 7.77. The summed E-state index contributed by atoms with van der Waals surface area (Å²) in [6.45, 7) is 1.60. The van der Waals surface area contributed by atoms with E-state index in [-0.39, 0.29) is 17.8 Å². The maximum absolute atomic E-state index is 13.7. The van der Waals surface area contributed by atoms with Gasteiger partial charge in [-0.25, -0.2) is 4.68 Å². The summed E-state index contributed by atoms with van der Waals surface area (Å²) in [7, 11) is 0. The average Bonchev–Trinajstić information content (AvgIpc) is 3.36. The number of nitrogens with one attached hydrogen (secondary N) is 2. The minimum Gasteiger partial charge on any atom is -0.389 e. The molecule has 0 saturated carbocycles. The first kappa shape index (κ1) is 20.4. The topological polar surface area (TPSA) is 79.2 Å². The first-order valence-corrected chi connectivity index (χ1v) is 10.2. The lowest BCUT2D eigenvalue weighted by Crippen LogP contribution is -2.36. The highest BCUT2D eigenvalue weighted by molar-refractivity contribution is 7.10. The molecule has 3 N–H and O–H groups in total. The van der Waals surface area contributed by atoms with Gasteiger partial charge < -0.3 is 15.7 Å². The van der Waals surface area contributed by atoms with Gasteiger partial charge in [0.2, 0.25) is 0 Å². The number of rotatable bonds is 4. The Hall–Kier alpha value is -2.85. The van der Waals surface area contributed by atoms with Crippen LogP contribution in [-0.4, -0.2) is 27.0 Å². The number of aliphatic hydroxyl groups excluding tert-OH is 1. The first-order chi connectivity index (χ1) is 14.2. The van der Waals surface area contributed by atoms with Crippen LogP contribution in [0.15, 0.2) is 48.0 Å². The van der Waals surface area contributed by atoms with Crippen LogP contribution >= 0.6 is 11.3 Å². The number of benzene rings is 1. The summed E-state index contributed by atoms with van der Waals surface area (Å²) in [5, 5.41) is 21.1. The molecule has 0 bridgehead atoms. The Morgan fingerprint density at radius 3 is 2.83 bits per heavy atom. The Morgan fingerprint density at radius 2 is 2.17 bits per heavy atom. The average molecular weight is 436 g/mol. The van der Waals surface area contributed by atoms with Gasteiger partial charge in [0.1, 0.15) is 11.4 Å². The molecule has 0 spiro atoms. The van der Waals surface area contributed by atoms with Crippen LogP contribution in [0.1, 0.15) is 52.3 Å². The number of thiophene rings is 1. The fourth-order valence-corrected chi connectivity index (χ4v) is 4.27. The van der Waals surface area contributed by atoms with E-state index in [0.717, 1.165) is 15.8 Å². The van der Waals surface area contributed by atoms with Gasteiger partial charge in [-0.15, -0.1) is 11.3 Å². The third kappa shape index (κ3) is 3.92. The van der Waals surface area contributed by atoms with Crippen molar-refractivity contribution in [2.45, 2.75) is 37.7 Å². The van der Waals surface area contributed by atoms with Crippen molar-refractivity contribution in [1.29, 1.82) is 0 Å². The van der Waals surface area contributed by atoms with Crippen molar-refractivity contribution < 1.29 is 23.1 Å². The van der Waals surface area contributed by atoms with Crippen molar-refractivity contribution in [3.63, 3.8) is 0 Å². The van der Waals surface area contributed by atoms with Crippen LogP contribution in [-0.2, 0) is 0 Å². The highest BCUT2D eigenvalue weighted by atomic mass is 32.1. The van der Waals surface area contributed by atoms with Crippen LogP contribution in [0, 0.1) is 0 Å². The fourth-order valence-electron chi connectivity index (χ4n) is 3.48. The highest BCUT2D eigenvalue weighted by Crippen LogP contribution is 2.45. The zero-order valence-electron chi connectivity index (χ0n) is 15.8. The number of alkyl halides is 3. The predicted octanol–water partition coefficient (Wildman–Crippen LogP) is 4.91. The Bertz CT molecular complexity index is 1050. The number of aliphatic hydroxyl groups is 1. The second-order valence-electron chi connectivity index (χ2n) is 7.11. The number of hydrogen-bond donors (Lipinski definition) is 3. The molecule has 3 unspecified atom stereocenters. The number of halogens is 3. The zero-order chi connectivity index (χ0) is 21.5. The van der Waals surface area contributed by atoms with E-state index in [1.807, 2.05) is 0 Å². The normalized spacial score (nSPS) is 19.6. The van der Waals surface area contributed by atoms with Gasteiger partial charge in [0, 0.05) is 17.0 Å². The molecule has 3 heterocycles. The first-order valence-electron chi connectivity index (χ1n) is 9.27. The van der Waals surface area contributed by atoms with Crippen LogP contribution < -0.4 is 10.6 Å². The van der Waals surface area contributed by atoms with Gasteiger partial charge in [0.15, 0.2) is 6.04 Å². The van der Waals surface area contributed by atoms with Gasteiger partial charge in [-0.2, -0.15) is 18.3 Å². The molecule has 10 heteroatoms. The molecule has 30 heavy (non-hydrogen) atoms. The van der Waals surface area contributed by atoms with E-state index >= 15 is 0 Å². The molecule has 3 aromatic rings. The van der Waals surface area contributed by atoms with Crippen molar-refractivity contribution in [3.05, 3.63) is 64.0 Å². The van der Waals surface area contributed by atoms with Gasteiger partial charge in [-0.1, -0.05) is 18.2 Å². The minimum absolute atomic E-state index is 0.0213. The third-order valence-corrected chi connectivity index (χ3v) is 5.98. The largest absolute Gasteiger partial charge is 0.410 e. The minimum atomic E-state index is -4.50. The summed E-state index contributed by atoms with van der Waals surface area (Å²) in [6.07, 6.45) is -4.29. The quantitative estimate of drug-likeness (QED) is 0.543. The van der Waals surface area contributed by atoms with Crippen molar-refractivity contribution in [2.75, 3.05) is 10.6 Å². The maximum Gasteiger partial charge on any atom is 0.410 e. The maximum atomic E-state index is 13.7. The van der Waals surface area contributed by atoms with Crippen LogP contribution in [0.4, 0.5) is 24.7 Å². The van der Waals surface area contributed by atoms with Crippen molar-refractivity contribution >= 4 is 28.7 Å². The molecular weight excluding hydrogens is 417 g/mol. The smallest absolute Gasteiger partial charge is 0.389 e. The van der Waals surface area contributed by atoms with E-state index in [2.05, 4.69) is 15.7 Å². The summed E-state index contributed by atoms with van der Waals surface area (Å²) >= 11 is 1.36. The highest BCUT2D eigenvalue weighted by Gasteiger charge is 2.47.